The first-order valence-electron chi connectivity index (χ1n) is 6.12. The topological polar surface area (TPSA) is 92.5 Å². The van der Waals surface area contributed by atoms with Crippen LogP contribution >= 0.6 is 0 Å². The van der Waals surface area contributed by atoms with Gasteiger partial charge in [-0.25, -0.2) is 0 Å². The molecular weight excluding hydrogens is 290 g/mol. The number of nitrogens with two attached hydrogens (primary N) is 1. The van der Waals surface area contributed by atoms with Crippen LogP contribution in [0.5, 0.6) is 0 Å². The third-order valence-electron chi connectivity index (χ3n) is 2.86. The molecular formula is C14H15N3O3S. The number of carbonyl (C=O) groups is 1. The zero-order valence-corrected chi connectivity index (χ0v) is 12.2. The fraction of sp³-hybridized carbons (Fsp3) is 0.0714. The predicted octanol–water partition coefficient (Wildman–Crippen LogP) is 1.43. The number of nitrogen functional groups attached to an aromatic ring is 1. The van der Waals surface area contributed by atoms with Crippen molar-refractivity contribution in [3.8, 4) is 0 Å². The molecule has 2 aromatic rings. The molecule has 6 nitrogen and oxygen atoms in total. The molecule has 110 valence electrons. The molecule has 0 heterocycles. The molecule has 0 bridgehead atoms. The largest absolute Gasteiger partial charge is 0.399 e. The fourth-order valence-electron chi connectivity index (χ4n) is 1.76. The van der Waals surface area contributed by atoms with E-state index < -0.39 is 10.0 Å². The van der Waals surface area contributed by atoms with Crippen molar-refractivity contribution < 1.29 is 13.2 Å². The van der Waals surface area contributed by atoms with E-state index >= 15 is 0 Å². The minimum absolute atomic E-state index is 0.0827. The summed E-state index contributed by atoms with van der Waals surface area (Å²) < 4.78 is 26.0. The number of hydrazine groups is 1. The Kier molecular flexibility index (Phi) is 4.13. The van der Waals surface area contributed by atoms with Crippen LogP contribution in [-0.4, -0.2) is 14.8 Å². The quantitative estimate of drug-likeness (QED) is 0.496. The summed E-state index contributed by atoms with van der Waals surface area (Å²) in [4.78, 5) is 10.8. The van der Waals surface area contributed by atoms with E-state index in [-0.39, 0.29) is 10.6 Å². The standard InChI is InChI=1S/C14H15N3O3S/c1-11-2-8-14(9-3-11)21(19,20)17(16-10-18)13-6-4-12(15)5-7-13/h2-10H,15H2,1H3,(H,16,18). The van der Waals surface area contributed by atoms with Gasteiger partial charge in [0.25, 0.3) is 10.0 Å². The molecule has 0 radical (unpaired) electrons. The highest BCUT2D eigenvalue weighted by Crippen LogP contribution is 2.22. The summed E-state index contributed by atoms with van der Waals surface area (Å²) in [6.45, 7) is 1.86. The maximum atomic E-state index is 12.6. The Morgan fingerprint density at radius 1 is 1.05 bits per heavy atom. The van der Waals surface area contributed by atoms with E-state index in [2.05, 4.69) is 5.43 Å². The highest BCUT2D eigenvalue weighted by molar-refractivity contribution is 7.92. The van der Waals surface area contributed by atoms with Crippen molar-refractivity contribution in [1.82, 2.24) is 5.43 Å². The third-order valence-corrected chi connectivity index (χ3v) is 4.52. The number of carbonyl (C=O) groups excluding carboxylic acids is 1. The number of hydrogen-bond acceptors (Lipinski definition) is 4. The molecule has 0 saturated carbocycles. The van der Waals surface area contributed by atoms with Gasteiger partial charge >= 0.3 is 0 Å². The Balaban J connectivity index is 2.47. The van der Waals surface area contributed by atoms with Crippen LogP contribution < -0.4 is 15.6 Å². The summed E-state index contributed by atoms with van der Waals surface area (Å²) in [5, 5.41) is 0. The van der Waals surface area contributed by atoms with E-state index in [1.54, 1.807) is 24.3 Å². The summed E-state index contributed by atoms with van der Waals surface area (Å²) in [5.41, 5.74) is 9.50. The average Bonchev–Trinajstić information content (AvgIpc) is 2.46. The summed E-state index contributed by atoms with van der Waals surface area (Å²) in [6, 6.07) is 12.5. The monoisotopic (exact) mass is 305 g/mol. The number of anilines is 2. The molecule has 0 aromatic heterocycles. The lowest BCUT2D eigenvalue weighted by Crippen LogP contribution is -2.42. The number of sulfonamides is 1. The van der Waals surface area contributed by atoms with E-state index in [9.17, 15) is 13.2 Å². The van der Waals surface area contributed by atoms with Gasteiger partial charge in [-0.2, -0.15) is 12.8 Å². The zero-order chi connectivity index (χ0) is 15.5. The summed E-state index contributed by atoms with van der Waals surface area (Å²) in [6.07, 6.45) is 0.308. The van der Waals surface area contributed by atoms with Crippen molar-refractivity contribution in [3.63, 3.8) is 0 Å². The zero-order valence-electron chi connectivity index (χ0n) is 11.4. The first-order chi connectivity index (χ1) is 9.95. The molecule has 0 atom stereocenters. The first-order valence-corrected chi connectivity index (χ1v) is 7.56. The molecule has 0 spiro atoms. The lowest BCUT2D eigenvalue weighted by Gasteiger charge is -2.22. The molecule has 0 aliphatic carbocycles. The van der Waals surface area contributed by atoms with Crippen LogP contribution in [0.15, 0.2) is 53.4 Å². The first kappa shape index (κ1) is 14.9. The Labute approximate surface area is 123 Å². The van der Waals surface area contributed by atoms with Crippen molar-refractivity contribution in [1.29, 1.82) is 0 Å². The highest BCUT2D eigenvalue weighted by Gasteiger charge is 2.24. The summed E-state index contributed by atoms with van der Waals surface area (Å²) in [5.74, 6) is 0. The minimum Gasteiger partial charge on any atom is -0.399 e. The Morgan fingerprint density at radius 3 is 2.14 bits per heavy atom. The van der Waals surface area contributed by atoms with Gasteiger partial charge in [-0.15, -0.1) is 0 Å². The number of rotatable bonds is 5. The second-order valence-corrected chi connectivity index (χ2v) is 6.21. The Bertz CT molecular complexity index is 725. The van der Waals surface area contributed by atoms with E-state index in [0.717, 1.165) is 9.98 Å². The van der Waals surface area contributed by atoms with E-state index in [4.69, 9.17) is 5.73 Å². The van der Waals surface area contributed by atoms with E-state index in [0.29, 0.717) is 12.1 Å². The fourth-order valence-corrected chi connectivity index (χ4v) is 3.03. The number of nitrogens with zero attached hydrogens (tertiary/aromatic N) is 1. The van der Waals surface area contributed by atoms with Crippen LogP contribution in [0.3, 0.4) is 0 Å². The summed E-state index contributed by atoms with van der Waals surface area (Å²) >= 11 is 0. The molecule has 0 fully saturated rings. The highest BCUT2D eigenvalue weighted by atomic mass is 32.2. The van der Waals surface area contributed by atoms with Gasteiger partial charge in [0.15, 0.2) is 0 Å². The van der Waals surface area contributed by atoms with Gasteiger partial charge in [0.05, 0.1) is 10.6 Å². The van der Waals surface area contributed by atoms with Crippen LogP contribution in [0.25, 0.3) is 0 Å². The smallest absolute Gasteiger partial charge is 0.281 e. The van der Waals surface area contributed by atoms with Gasteiger partial charge in [0, 0.05) is 5.69 Å². The Hall–Kier alpha value is -2.54. The lowest BCUT2D eigenvalue weighted by molar-refractivity contribution is -0.109. The second kappa shape index (κ2) is 5.84. The van der Waals surface area contributed by atoms with E-state index in [1.165, 1.54) is 24.3 Å². The van der Waals surface area contributed by atoms with Crippen molar-refractivity contribution in [3.05, 3.63) is 54.1 Å². The molecule has 21 heavy (non-hydrogen) atoms. The molecule has 3 N–H and O–H groups in total. The average molecular weight is 305 g/mol. The maximum Gasteiger partial charge on any atom is 0.281 e. The molecule has 0 aliphatic rings. The lowest BCUT2D eigenvalue weighted by atomic mass is 10.2. The van der Waals surface area contributed by atoms with Crippen LogP contribution in [-0.2, 0) is 14.8 Å². The summed E-state index contributed by atoms with van der Waals surface area (Å²) in [7, 11) is -3.90. The van der Waals surface area contributed by atoms with Gasteiger partial charge in [0.2, 0.25) is 6.41 Å². The van der Waals surface area contributed by atoms with Crippen molar-refractivity contribution in [2.45, 2.75) is 11.8 Å². The number of aryl methyl sites for hydroxylation is 1. The molecule has 2 rings (SSSR count). The van der Waals surface area contributed by atoms with Crippen LogP contribution in [0.4, 0.5) is 11.4 Å². The van der Waals surface area contributed by atoms with Gasteiger partial charge in [0.1, 0.15) is 0 Å². The van der Waals surface area contributed by atoms with Crippen LogP contribution in [0.2, 0.25) is 0 Å². The van der Waals surface area contributed by atoms with Crippen molar-refractivity contribution in [2.75, 3.05) is 10.1 Å². The molecule has 0 saturated heterocycles. The number of benzene rings is 2. The molecule has 1 amide bonds. The second-order valence-electron chi connectivity index (χ2n) is 4.42. The van der Waals surface area contributed by atoms with Crippen LogP contribution in [0, 0.1) is 6.92 Å². The van der Waals surface area contributed by atoms with Gasteiger partial charge < -0.3 is 5.73 Å². The normalized spacial score (nSPS) is 10.9. The van der Waals surface area contributed by atoms with Crippen molar-refractivity contribution in [2.24, 2.45) is 0 Å². The maximum absolute atomic E-state index is 12.6. The minimum atomic E-state index is -3.90. The third kappa shape index (κ3) is 3.14. The van der Waals surface area contributed by atoms with Gasteiger partial charge in [-0.3, -0.25) is 10.2 Å². The molecule has 2 aromatic carbocycles. The van der Waals surface area contributed by atoms with Crippen LogP contribution in [0.1, 0.15) is 5.56 Å². The van der Waals surface area contributed by atoms with E-state index in [1.807, 2.05) is 6.92 Å². The predicted molar refractivity (Wildman–Crippen MR) is 80.9 cm³/mol. The molecule has 0 aliphatic heterocycles. The van der Waals surface area contributed by atoms with Gasteiger partial charge in [-0.1, -0.05) is 17.7 Å². The SMILES string of the molecule is Cc1ccc(S(=O)(=O)N(NC=O)c2ccc(N)cc2)cc1. The molecule has 0 unspecified atom stereocenters. The Morgan fingerprint density at radius 2 is 1.62 bits per heavy atom. The number of nitrogens with one attached hydrogen (secondary N) is 1. The van der Waals surface area contributed by atoms with Gasteiger partial charge in [-0.05, 0) is 43.3 Å². The number of hydrogen-bond donors (Lipinski definition) is 2. The van der Waals surface area contributed by atoms with Crippen molar-refractivity contribution >= 4 is 27.8 Å². The molecule has 7 heteroatoms. The number of amides is 1.